The maximum atomic E-state index is 9.44. The van der Waals surface area contributed by atoms with Crippen LogP contribution in [0.1, 0.15) is 12.8 Å². The molecular formula is C9H12O. The van der Waals surface area contributed by atoms with Gasteiger partial charge in [-0.3, -0.25) is 0 Å². The Morgan fingerprint density at radius 2 is 1.90 bits per heavy atom. The van der Waals surface area contributed by atoms with Gasteiger partial charge in [0, 0.05) is 5.92 Å². The van der Waals surface area contributed by atoms with Crippen molar-refractivity contribution in [3.8, 4) is 0 Å². The number of aliphatic hydroxyl groups excluding tert-OH is 1. The molecule has 1 nitrogen and oxygen atoms in total. The van der Waals surface area contributed by atoms with E-state index < -0.39 is 0 Å². The monoisotopic (exact) mass is 136 g/mol. The van der Waals surface area contributed by atoms with Gasteiger partial charge in [-0.25, -0.2) is 0 Å². The van der Waals surface area contributed by atoms with Crippen molar-refractivity contribution in [3.05, 3.63) is 24.3 Å². The number of hydrogen-bond donors (Lipinski definition) is 1. The first-order valence-electron chi connectivity index (χ1n) is 3.91. The van der Waals surface area contributed by atoms with E-state index in [1.54, 1.807) is 0 Å². The molecule has 3 unspecified atom stereocenters. The third-order valence-electron chi connectivity index (χ3n) is 2.54. The molecule has 2 rings (SSSR count). The van der Waals surface area contributed by atoms with Crippen molar-refractivity contribution < 1.29 is 5.11 Å². The molecule has 0 radical (unpaired) electrons. The summed E-state index contributed by atoms with van der Waals surface area (Å²) in [5.74, 6) is 1.05. The lowest BCUT2D eigenvalue weighted by molar-refractivity contribution is 0.146. The summed E-state index contributed by atoms with van der Waals surface area (Å²) >= 11 is 0. The van der Waals surface area contributed by atoms with E-state index in [4.69, 9.17) is 0 Å². The zero-order chi connectivity index (χ0) is 6.97. The normalized spacial score (nSPS) is 43.9. The molecule has 0 aromatic heterocycles. The van der Waals surface area contributed by atoms with Crippen LogP contribution in [0.2, 0.25) is 0 Å². The number of rotatable bonds is 0. The van der Waals surface area contributed by atoms with E-state index in [0.717, 1.165) is 12.8 Å². The van der Waals surface area contributed by atoms with Crippen molar-refractivity contribution in [1.82, 2.24) is 0 Å². The summed E-state index contributed by atoms with van der Waals surface area (Å²) in [6.07, 6.45) is 10.5. The molecule has 54 valence electrons. The third-order valence-corrected chi connectivity index (χ3v) is 2.54. The molecular weight excluding hydrogens is 124 g/mol. The molecule has 0 aromatic carbocycles. The van der Waals surface area contributed by atoms with Crippen LogP contribution in [0.4, 0.5) is 0 Å². The maximum Gasteiger partial charge on any atom is 0.0608 e. The minimum absolute atomic E-state index is 0.0776. The van der Waals surface area contributed by atoms with Gasteiger partial charge >= 0.3 is 0 Å². The van der Waals surface area contributed by atoms with E-state index in [1.165, 1.54) is 0 Å². The SMILES string of the molecule is OC1CCC2C=CC=CC12. The molecule has 0 bridgehead atoms. The number of allylic oxidation sites excluding steroid dienone is 3. The van der Waals surface area contributed by atoms with E-state index in [-0.39, 0.29) is 6.10 Å². The standard InChI is InChI=1S/C9H12O/c10-9-6-5-7-3-1-2-4-8(7)9/h1-4,7-10H,5-6H2. The highest BCUT2D eigenvalue weighted by atomic mass is 16.3. The van der Waals surface area contributed by atoms with Gasteiger partial charge in [0.25, 0.3) is 0 Å². The van der Waals surface area contributed by atoms with E-state index in [0.29, 0.717) is 11.8 Å². The van der Waals surface area contributed by atoms with Crippen molar-refractivity contribution in [3.63, 3.8) is 0 Å². The molecule has 1 heteroatoms. The van der Waals surface area contributed by atoms with Crippen LogP contribution in [0.3, 0.4) is 0 Å². The molecule has 1 N–H and O–H groups in total. The van der Waals surface area contributed by atoms with E-state index in [2.05, 4.69) is 18.2 Å². The van der Waals surface area contributed by atoms with E-state index in [1.807, 2.05) is 6.08 Å². The Labute approximate surface area is 61.1 Å². The largest absolute Gasteiger partial charge is 0.392 e. The quantitative estimate of drug-likeness (QED) is 0.535. The highest BCUT2D eigenvalue weighted by Gasteiger charge is 2.31. The van der Waals surface area contributed by atoms with Crippen molar-refractivity contribution >= 4 is 0 Å². The zero-order valence-corrected chi connectivity index (χ0v) is 5.90. The second-order valence-corrected chi connectivity index (χ2v) is 3.16. The topological polar surface area (TPSA) is 20.2 Å². The van der Waals surface area contributed by atoms with Crippen molar-refractivity contribution in [2.75, 3.05) is 0 Å². The average Bonchev–Trinajstić information content (AvgIpc) is 2.34. The molecule has 1 fully saturated rings. The van der Waals surface area contributed by atoms with Crippen LogP contribution in [0.5, 0.6) is 0 Å². The Morgan fingerprint density at radius 1 is 1.10 bits per heavy atom. The Kier molecular flexibility index (Phi) is 1.38. The van der Waals surface area contributed by atoms with Gasteiger partial charge in [0.05, 0.1) is 6.10 Å². The summed E-state index contributed by atoms with van der Waals surface area (Å²) in [7, 11) is 0. The molecule has 2 aliphatic rings. The average molecular weight is 136 g/mol. The fourth-order valence-corrected chi connectivity index (χ4v) is 1.93. The zero-order valence-electron chi connectivity index (χ0n) is 5.90. The molecule has 1 saturated carbocycles. The molecule has 0 saturated heterocycles. The van der Waals surface area contributed by atoms with Gasteiger partial charge in [-0.15, -0.1) is 0 Å². The van der Waals surface area contributed by atoms with Crippen LogP contribution in [0, 0.1) is 11.8 Å². The van der Waals surface area contributed by atoms with Crippen LogP contribution >= 0.6 is 0 Å². The second-order valence-electron chi connectivity index (χ2n) is 3.16. The van der Waals surface area contributed by atoms with Gasteiger partial charge in [0.2, 0.25) is 0 Å². The van der Waals surface area contributed by atoms with Crippen LogP contribution in [0.15, 0.2) is 24.3 Å². The molecule has 0 amide bonds. The van der Waals surface area contributed by atoms with Gasteiger partial charge in [-0.2, -0.15) is 0 Å². The lowest BCUT2D eigenvalue weighted by Gasteiger charge is -2.17. The van der Waals surface area contributed by atoms with E-state index >= 15 is 0 Å². The molecule has 0 aromatic rings. The number of fused-ring (bicyclic) bond motifs is 1. The Hall–Kier alpha value is -0.560. The van der Waals surface area contributed by atoms with Gasteiger partial charge in [-0.05, 0) is 18.8 Å². The summed E-state index contributed by atoms with van der Waals surface area (Å²) in [6, 6.07) is 0. The summed E-state index contributed by atoms with van der Waals surface area (Å²) in [5.41, 5.74) is 0. The van der Waals surface area contributed by atoms with Gasteiger partial charge in [-0.1, -0.05) is 24.3 Å². The predicted octanol–water partition coefficient (Wildman–Crippen LogP) is 1.50. The third kappa shape index (κ3) is 0.816. The first kappa shape index (κ1) is 6.17. The Bertz CT molecular complexity index is 181. The summed E-state index contributed by atoms with van der Waals surface area (Å²) in [6.45, 7) is 0. The molecule has 3 atom stereocenters. The Balaban J connectivity index is 2.19. The molecule has 0 aliphatic heterocycles. The van der Waals surface area contributed by atoms with Gasteiger partial charge < -0.3 is 5.11 Å². The minimum atomic E-state index is -0.0776. The van der Waals surface area contributed by atoms with E-state index in [9.17, 15) is 5.11 Å². The van der Waals surface area contributed by atoms with Crippen LogP contribution in [0.25, 0.3) is 0 Å². The summed E-state index contributed by atoms with van der Waals surface area (Å²) in [4.78, 5) is 0. The first-order valence-corrected chi connectivity index (χ1v) is 3.91. The molecule has 10 heavy (non-hydrogen) atoms. The molecule has 0 heterocycles. The smallest absolute Gasteiger partial charge is 0.0608 e. The van der Waals surface area contributed by atoms with Gasteiger partial charge in [0.1, 0.15) is 0 Å². The predicted molar refractivity (Wildman–Crippen MR) is 40.5 cm³/mol. The maximum absolute atomic E-state index is 9.44. The highest BCUT2D eigenvalue weighted by Crippen LogP contribution is 2.35. The fourth-order valence-electron chi connectivity index (χ4n) is 1.93. The fraction of sp³-hybridized carbons (Fsp3) is 0.556. The lowest BCUT2D eigenvalue weighted by Crippen LogP contribution is -2.16. The number of aliphatic hydroxyl groups is 1. The minimum Gasteiger partial charge on any atom is -0.392 e. The number of hydrogen-bond acceptors (Lipinski definition) is 1. The molecule has 2 aliphatic carbocycles. The van der Waals surface area contributed by atoms with Crippen molar-refractivity contribution in [2.45, 2.75) is 18.9 Å². The summed E-state index contributed by atoms with van der Waals surface area (Å²) < 4.78 is 0. The van der Waals surface area contributed by atoms with Gasteiger partial charge in [0.15, 0.2) is 0 Å². The summed E-state index contributed by atoms with van der Waals surface area (Å²) in [5, 5.41) is 9.44. The second kappa shape index (κ2) is 2.24. The lowest BCUT2D eigenvalue weighted by atomic mass is 9.91. The van der Waals surface area contributed by atoms with Crippen LogP contribution < -0.4 is 0 Å². The first-order chi connectivity index (χ1) is 4.88. The van der Waals surface area contributed by atoms with Crippen LogP contribution in [-0.4, -0.2) is 11.2 Å². The Morgan fingerprint density at radius 3 is 2.70 bits per heavy atom. The molecule has 0 spiro atoms. The van der Waals surface area contributed by atoms with Crippen molar-refractivity contribution in [1.29, 1.82) is 0 Å². The van der Waals surface area contributed by atoms with Crippen molar-refractivity contribution in [2.24, 2.45) is 11.8 Å². The highest BCUT2D eigenvalue weighted by molar-refractivity contribution is 5.17. The van der Waals surface area contributed by atoms with Crippen LogP contribution in [-0.2, 0) is 0 Å².